The molecule has 0 spiro atoms. The Bertz CT molecular complexity index is 141. The van der Waals surface area contributed by atoms with Crippen LogP contribution in [-0.4, -0.2) is 32.3 Å². The Morgan fingerprint density at radius 3 is 2.22 bits per heavy atom. The average molecular weight is 149 g/mol. The summed E-state index contributed by atoms with van der Waals surface area (Å²) in [6.45, 7) is 1.92. The first-order valence-corrected chi connectivity index (χ1v) is 4.49. The minimum atomic E-state index is -2.19. The summed E-state index contributed by atoms with van der Waals surface area (Å²) >= 11 is 0. The van der Waals surface area contributed by atoms with Crippen LogP contribution in [0.3, 0.4) is 0 Å². The Labute approximate surface area is 56.6 Å². The molecule has 0 saturated carbocycles. The minimum Gasteiger partial charge on any atom is -0.290 e. The van der Waals surface area contributed by atoms with Crippen molar-refractivity contribution in [2.45, 2.75) is 12.8 Å². The van der Waals surface area contributed by atoms with Crippen LogP contribution < -0.4 is 0 Å². The van der Waals surface area contributed by atoms with Crippen LogP contribution in [0.2, 0.25) is 0 Å². The van der Waals surface area contributed by atoms with Gasteiger partial charge in [0, 0.05) is 0 Å². The van der Waals surface area contributed by atoms with Gasteiger partial charge in [-0.15, -0.1) is 0 Å². The molecule has 0 atom stereocenters. The van der Waals surface area contributed by atoms with Gasteiger partial charge in [0.05, 0.1) is 5.88 Å². The molecule has 54 valence electrons. The molecular weight excluding hydrogens is 138 g/mol. The third-order valence-electron chi connectivity index (χ3n) is 1.51. The predicted molar refractivity (Wildman–Crippen MR) is 36.0 cm³/mol. The van der Waals surface area contributed by atoms with Crippen LogP contribution in [0.1, 0.15) is 12.8 Å². The highest BCUT2D eigenvalue weighted by Gasteiger charge is 2.10. The molecule has 1 aliphatic heterocycles. The first-order chi connectivity index (χ1) is 4.29. The van der Waals surface area contributed by atoms with Crippen LogP contribution in [0.4, 0.5) is 0 Å². The highest BCUT2D eigenvalue weighted by Crippen LogP contribution is 2.05. The van der Waals surface area contributed by atoms with Gasteiger partial charge < -0.3 is 0 Å². The fourth-order valence-electron chi connectivity index (χ4n) is 1.09. The fourth-order valence-corrected chi connectivity index (χ4v) is 1.70. The molecule has 0 N–H and O–H groups in total. The maximum atomic E-state index is 10.2. The highest BCUT2D eigenvalue weighted by atomic mass is 32.2. The second kappa shape index (κ2) is 3.17. The molecule has 0 amide bonds. The third-order valence-corrected chi connectivity index (χ3v) is 2.15. The molecule has 9 heavy (non-hydrogen) atoms. The van der Waals surface area contributed by atoms with Gasteiger partial charge in [-0.25, -0.2) is 8.42 Å². The minimum absolute atomic E-state index is 0.259. The number of likely N-dealkylation sites (tertiary alicyclic amines) is 1. The average Bonchev–Trinajstić information content (AvgIpc) is 2.15. The molecule has 0 radical (unpaired) electrons. The highest BCUT2D eigenvalue weighted by molar-refractivity contribution is 7.72. The van der Waals surface area contributed by atoms with Crippen molar-refractivity contribution >= 4 is 10.7 Å². The Hall–Kier alpha value is -0.0900. The molecule has 1 saturated heterocycles. The SMILES string of the molecule is O=[SH](=O)CN1CCCC1. The van der Waals surface area contributed by atoms with Gasteiger partial charge in [-0.05, 0) is 25.9 Å². The monoisotopic (exact) mass is 149 g/mol. The van der Waals surface area contributed by atoms with E-state index in [0.717, 1.165) is 25.9 Å². The molecular formula is C5H11NO2S. The molecule has 1 fully saturated rings. The van der Waals surface area contributed by atoms with E-state index >= 15 is 0 Å². The van der Waals surface area contributed by atoms with Crippen LogP contribution in [0.5, 0.6) is 0 Å². The lowest BCUT2D eigenvalue weighted by Crippen LogP contribution is -2.20. The first kappa shape index (κ1) is 7.02. The number of nitrogens with zero attached hydrogens (tertiary/aromatic N) is 1. The molecule has 0 aromatic heterocycles. The zero-order chi connectivity index (χ0) is 6.69. The molecule has 1 aliphatic rings. The molecule has 4 heteroatoms. The second-order valence-corrected chi connectivity index (χ2v) is 3.25. The van der Waals surface area contributed by atoms with E-state index < -0.39 is 10.7 Å². The van der Waals surface area contributed by atoms with E-state index in [0.29, 0.717) is 0 Å². The van der Waals surface area contributed by atoms with Gasteiger partial charge >= 0.3 is 0 Å². The smallest absolute Gasteiger partial charge is 0.153 e. The lowest BCUT2D eigenvalue weighted by Gasteiger charge is -2.07. The number of hydrogen-bond acceptors (Lipinski definition) is 3. The molecule has 0 bridgehead atoms. The van der Waals surface area contributed by atoms with E-state index in [1.807, 2.05) is 4.90 Å². The van der Waals surface area contributed by atoms with Gasteiger partial charge in [-0.3, -0.25) is 4.90 Å². The van der Waals surface area contributed by atoms with Crippen molar-refractivity contribution in [3.05, 3.63) is 0 Å². The van der Waals surface area contributed by atoms with E-state index in [1.54, 1.807) is 0 Å². The zero-order valence-electron chi connectivity index (χ0n) is 5.25. The first-order valence-electron chi connectivity index (χ1n) is 3.13. The Morgan fingerprint density at radius 2 is 1.78 bits per heavy atom. The standard InChI is InChI=1S/C5H11NO2S/c7-9(8)5-6-3-1-2-4-6/h9H,1-5H2. The number of hydrogen-bond donors (Lipinski definition) is 1. The predicted octanol–water partition coefficient (Wildman–Crippen LogP) is -0.349. The van der Waals surface area contributed by atoms with E-state index in [4.69, 9.17) is 0 Å². The normalized spacial score (nSPS) is 21.4. The van der Waals surface area contributed by atoms with Gasteiger partial charge in [0.2, 0.25) is 0 Å². The van der Waals surface area contributed by atoms with Crippen molar-refractivity contribution in [1.82, 2.24) is 4.90 Å². The lowest BCUT2D eigenvalue weighted by molar-refractivity contribution is 0.392. The van der Waals surface area contributed by atoms with Crippen LogP contribution in [-0.2, 0) is 10.7 Å². The van der Waals surface area contributed by atoms with Crippen LogP contribution >= 0.6 is 0 Å². The van der Waals surface area contributed by atoms with Crippen LogP contribution in [0.25, 0.3) is 0 Å². The van der Waals surface area contributed by atoms with Gasteiger partial charge in [0.15, 0.2) is 10.7 Å². The summed E-state index contributed by atoms with van der Waals surface area (Å²) in [6.07, 6.45) is 2.31. The van der Waals surface area contributed by atoms with Crippen molar-refractivity contribution in [2.75, 3.05) is 19.0 Å². The summed E-state index contributed by atoms with van der Waals surface area (Å²) in [5.74, 6) is 0.259. The molecule has 3 nitrogen and oxygen atoms in total. The summed E-state index contributed by atoms with van der Waals surface area (Å²) in [5.41, 5.74) is 0. The molecule has 1 heterocycles. The van der Waals surface area contributed by atoms with Crippen molar-refractivity contribution in [2.24, 2.45) is 0 Å². The molecule has 0 aromatic rings. The number of thiol groups is 1. The molecule has 0 unspecified atom stereocenters. The summed E-state index contributed by atoms with van der Waals surface area (Å²) in [7, 11) is -2.19. The Balaban J connectivity index is 2.27. The fraction of sp³-hybridized carbons (Fsp3) is 1.00. The molecule has 0 aliphatic carbocycles. The Kier molecular flexibility index (Phi) is 2.48. The van der Waals surface area contributed by atoms with Crippen molar-refractivity contribution in [1.29, 1.82) is 0 Å². The topological polar surface area (TPSA) is 37.4 Å². The second-order valence-electron chi connectivity index (χ2n) is 2.30. The zero-order valence-corrected chi connectivity index (χ0v) is 6.14. The molecule has 1 rings (SSSR count). The summed E-state index contributed by atoms with van der Waals surface area (Å²) in [4.78, 5) is 1.96. The Morgan fingerprint density at radius 1 is 1.22 bits per heavy atom. The van der Waals surface area contributed by atoms with E-state index in [-0.39, 0.29) is 5.88 Å². The van der Waals surface area contributed by atoms with Crippen LogP contribution in [0, 0.1) is 0 Å². The van der Waals surface area contributed by atoms with Crippen molar-refractivity contribution in [3.63, 3.8) is 0 Å². The van der Waals surface area contributed by atoms with Crippen molar-refractivity contribution < 1.29 is 8.42 Å². The quantitative estimate of drug-likeness (QED) is 0.545. The van der Waals surface area contributed by atoms with Crippen LogP contribution in [0.15, 0.2) is 0 Å². The third kappa shape index (κ3) is 2.32. The largest absolute Gasteiger partial charge is 0.290 e. The maximum Gasteiger partial charge on any atom is 0.153 e. The maximum absolute atomic E-state index is 10.2. The number of rotatable bonds is 2. The van der Waals surface area contributed by atoms with Gasteiger partial charge in [0.25, 0.3) is 0 Å². The van der Waals surface area contributed by atoms with Gasteiger partial charge in [-0.2, -0.15) is 0 Å². The van der Waals surface area contributed by atoms with E-state index in [1.165, 1.54) is 0 Å². The van der Waals surface area contributed by atoms with Gasteiger partial charge in [-0.1, -0.05) is 0 Å². The molecule has 0 aromatic carbocycles. The summed E-state index contributed by atoms with van der Waals surface area (Å²) in [5, 5.41) is 0. The van der Waals surface area contributed by atoms with Crippen molar-refractivity contribution in [3.8, 4) is 0 Å². The lowest BCUT2D eigenvalue weighted by atomic mass is 10.4. The van der Waals surface area contributed by atoms with E-state index in [9.17, 15) is 8.42 Å². The summed E-state index contributed by atoms with van der Waals surface area (Å²) in [6, 6.07) is 0. The van der Waals surface area contributed by atoms with E-state index in [2.05, 4.69) is 0 Å². The van der Waals surface area contributed by atoms with Gasteiger partial charge in [0.1, 0.15) is 0 Å². The summed E-state index contributed by atoms with van der Waals surface area (Å²) < 4.78 is 20.3.